The Hall–Kier alpha value is -1.75. The van der Waals surface area contributed by atoms with E-state index in [1.54, 1.807) is 7.11 Å². The summed E-state index contributed by atoms with van der Waals surface area (Å²) in [5, 5.41) is 0. The summed E-state index contributed by atoms with van der Waals surface area (Å²) in [6.07, 6.45) is 2.48. The highest BCUT2D eigenvalue weighted by Crippen LogP contribution is 2.29. The van der Waals surface area contributed by atoms with Crippen LogP contribution in [0.1, 0.15) is 19.8 Å². The Morgan fingerprint density at radius 1 is 1.50 bits per heavy atom. The zero-order chi connectivity index (χ0) is 14.1. The van der Waals surface area contributed by atoms with E-state index in [0.29, 0.717) is 18.0 Å². The van der Waals surface area contributed by atoms with E-state index in [2.05, 4.69) is 16.5 Å². The number of ether oxygens (including phenoxy) is 2. The Kier molecular flexibility index (Phi) is 3.53. The third-order valence-electron chi connectivity index (χ3n) is 4.15. The Labute approximate surface area is 118 Å². The van der Waals surface area contributed by atoms with E-state index in [1.807, 2.05) is 18.2 Å². The van der Waals surface area contributed by atoms with Crippen molar-refractivity contribution < 1.29 is 9.47 Å². The zero-order valence-corrected chi connectivity index (χ0v) is 12.0. The monoisotopic (exact) mass is 275 g/mol. The number of methoxy groups -OCH3 is 1. The molecule has 2 unspecified atom stereocenters. The van der Waals surface area contributed by atoms with Crippen LogP contribution < -0.4 is 10.5 Å². The zero-order valence-electron chi connectivity index (χ0n) is 12.0. The van der Waals surface area contributed by atoms with Gasteiger partial charge in [0.2, 0.25) is 5.95 Å². The smallest absolute Gasteiger partial charge is 0.201 e. The van der Waals surface area contributed by atoms with Gasteiger partial charge in [0, 0.05) is 25.1 Å². The molecule has 0 amide bonds. The van der Waals surface area contributed by atoms with Crippen LogP contribution >= 0.6 is 0 Å². The van der Waals surface area contributed by atoms with Gasteiger partial charge in [-0.2, -0.15) is 0 Å². The molecule has 2 heterocycles. The van der Waals surface area contributed by atoms with Gasteiger partial charge in [-0.1, -0.05) is 6.92 Å². The quantitative estimate of drug-likeness (QED) is 0.931. The van der Waals surface area contributed by atoms with Gasteiger partial charge in [-0.3, -0.25) is 0 Å². The number of rotatable bonds is 4. The van der Waals surface area contributed by atoms with Crippen molar-refractivity contribution in [1.82, 2.24) is 9.55 Å². The highest BCUT2D eigenvalue weighted by atomic mass is 16.5. The van der Waals surface area contributed by atoms with Gasteiger partial charge < -0.3 is 19.8 Å². The molecule has 1 aliphatic heterocycles. The summed E-state index contributed by atoms with van der Waals surface area (Å²) in [5.41, 5.74) is 8.02. The van der Waals surface area contributed by atoms with Gasteiger partial charge in [0.1, 0.15) is 5.75 Å². The molecule has 20 heavy (non-hydrogen) atoms. The average Bonchev–Trinajstić information content (AvgIpc) is 3.03. The fraction of sp³-hybridized carbons (Fsp3) is 0.533. The van der Waals surface area contributed by atoms with Crippen LogP contribution in [0.2, 0.25) is 0 Å². The van der Waals surface area contributed by atoms with Crippen LogP contribution in [0.15, 0.2) is 18.2 Å². The van der Waals surface area contributed by atoms with Crippen molar-refractivity contribution in [3.8, 4) is 5.75 Å². The molecule has 0 spiro atoms. The van der Waals surface area contributed by atoms with Crippen molar-refractivity contribution in [2.24, 2.45) is 5.92 Å². The Morgan fingerprint density at radius 3 is 3.10 bits per heavy atom. The lowest BCUT2D eigenvalue weighted by atomic mass is 9.99. The first-order chi connectivity index (χ1) is 9.72. The summed E-state index contributed by atoms with van der Waals surface area (Å²) >= 11 is 0. The lowest BCUT2D eigenvalue weighted by molar-refractivity contribution is 0.0839. The first-order valence-corrected chi connectivity index (χ1v) is 7.14. The van der Waals surface area contributed by atoms with E-state index >= 15 is 0 Å². The van der Waals surface area contributed by atoms with Gasteiger partial charge in [0.25, 0.3) is 0 Å². The summed E-state index contributed by atoms with van der Waals surface area (Å²) in [7, 11) is 1.66. The average molecular weight is 275 g/mol. The van der Waals surface area contributed by atoms with Crippen molar-refractivity contribution in [3.63, 3.8) is 0 Å². The number of anilines is 1. The summed E-state index contributed by atoms with van der Waals surface area (Å²) in [4.78, 5) is 4.43. The SMILES string of the molecule is CCC1OCCC1Cn1c(N)nc2cc(OC)ccc21. The Morgan fingerprint density at radius 2 is 2.35 bits per heavy atom. The second-order valence-electron chi connectivity index (χ2n) is 5.30. The van der Waals surface area contributed by atoms with Crippen LogP contribution in [-0.2, 0) is 11.3 Å². The Bertz CT molecular complexity index is 608. The molecule has 3 rings (SSSR count). The second-order valence-corrected chi connectivity index (χ2v) is 5.30. The van der Waals surface area contributed by atoms with E-state index in [1.165, 1.54) is 0 Å². The van der Waals surface area contributed by atoms with Crippen molar-refractivity contribution in [2.45, 2.75) is 32.4 Å². The van der Waals surface area contributed by atoms with Crippen molar-refractivity contribution in [2.75, 3.05) is 19.5 Å². The third kappa shape index (κ3) is 2.22. The molecule has 1 aromatic carbocycles. The number of hydrogen-bond donors (Lipinski definition) is 1. The minimum absolute atomic E-state index is 0.338. The number of benzene rings is 1. The molecular weight excluding hydrogens is 254 g/mol. The molecule has 1 aromatic heterocycles. The van der Waals surface area contributed by atoms with Gasteiger partial charge in [-0.15, -0.1) is 0 Å². The molecule has 0 radical (unpaired) electrons. The number of nitrogens with zero attached hydrogens (tertiary/aromatic N) is 2. The van der Waals surface area contributed by atoms with Crippen LogP contribution in [0.4, 0.5) is 5.95 Å². The molecule has 1 saturated heterocycles. The highest BCUT2D eigenvalue weighted by Gasteiger charge is 2.28. The van der Waals surface area contributed by atoms with Crippen molar-refractivity contribution in [1.29, 1.82) is 0 Å². The van der Waals surface area contributed by atoms with E-state index < -0.39 is 0 Å². The molecule has 0 aliphatic carbocycles. The van der Waals surface area contributed by atoms with E-state index in [9.17, 15) is 0 Å². The Balaban J connectivity index is 1.93. The molecule has 2 N–H and O–H groups in total. The van der Waals surface area contributed by atoms with E-state index in [4.69, 9.17) is 15.2 Å². The third-order valence-corrected chi connectivity index (χ3v) is 4.15. The maximum absolute atomic E-state index is 6.08. The molecule has 5 heteroatoms. The topological polar surface area (TPSA) is 62.3 Å². The summed E-state index contributed by atoms with van der Waals surface area (Å²) in [5.74, 6) is 1.88. The first-order valence-electron chi connectivity index (χ1n) is 7.14. The molecule has 2 aromatic rings. The van der Waals surface area contributed by atoms with Crippen LogP contribution in [0, 0.1) is 5.92 Å². The number of hydrogen-bond acceptors (Lipinski definition) is 4. The van der Waals surface area contributed by atoms with Crippen LogP contribution in [-0.4, -0.2) is 29.4 Å². The number of fused-ring (bicyclic) bond motifs is 1. The number of nitrogens with two attached hydrogens (primary N) is 1. The standard InChI is InChI=1S/C15H21N3O2/c1-3-14-10(6-7-20-14)9-18-13-5-4-11(19-2)8-12(13)17-15(18)16/h4-5,8,10,14H,3,6-7,9H2,1-2H3,(H2,16,17). The summed E-state index contributed by atoms with van der Waals surface area (Å²) in [6, 6.07) is 5.89. The lowest BCUT2D eigenvalue weighted by Crippen LogP contribution is -2.21. The minimum atomic E-state index is 0.338. The highest BCUT2D eigenvalue weighted by molar-refractivity contribution is 5.79. The van der Waals surface area contributed by atoms with Crippen LogP contribution in [0.3, 0.4) is 0 Å². The number of nitrogen functional groups attached to an aromatic ring is 1. The number of imidazole rings is 1. The molecule has 0 saturated carbocycles. The lowest BCUT2D eigenvalue weighted by Gasteiger charge is -2.18. The van der Waals surface area contributed by atoms with E-state index in [0.717, 1.165) is 42.8 Å². The fourth-order valence-electron chi connectivity index (χ4n) is 3.03. The molecule has 2 atom stereocenters. The van der Waals surface area contributed by atoms with E-state index in [-0.39, 0.29) is 0 Å². The maximum Gasteiger partial charge on any atom is 0.201 e. The molecule has 5 nitrogen and oxygen atoms in total. The largest absolute Gasteiger partial charge is 0.497 e. The van der Waals surface area contributed by atoms with Crippen molar-refractivity contribution >= 4 is 17.0 Å². The van der Waals surface area contributed by atoms with Crippen molar-refractivity contribution in [3.05, 3.63) is 18.2 Å². The van der Waals surface area contributed by atoms with Crippen LogP contribution in [0.5, 0.6) is 5.75 Å². The predicted octanol–water partition coefficient (Wildman–Crippen LogP) is 2.44. The fourth-order valence-corrected chi connectivity index (χ4v) is 3.03. The minimum Gasteiger partial charge on any atom is -0.497 e. The number of aromatic nitrogens is 2. The van der Waals surface area contributed by atoms with Gasteiger partial charge in [0.05, 0.1) is 24.2 Å². The molecule has 1 aliphatic rings. The maximum atomic E-state index is 6.08. The van der Waals surface area contributed by atoms with Crippen LogP contribution in [0.25, 0.3) is 11.0 Å². The molecular formula is C15H21N3O2. The predicted molar refractivity (Wildman–Crippen MR) is 78.8 cm³/mol. The van der Waals surface area contributed by atoms with Gasteiger partial charge in [-0.05, 0) is 25.0 Å². The normalized spacial score (nSPS) is 22.5. The molecule has 0 bridgehead atoms. The van der Waals surface area contributed by atoms with Gasteiger partial charge >= 0.3 is 0 Å². The summed E-state index contributed by atoms with van der Waals surface area (Å²) < 4.78 is 13.1. The van der Waals surface area contributed by atoms with Gasteiger partial charge in [-0.25, -0.2) is 4.98 Å². The summed E-state index contributed by atoms with van der Waals surface area (Å²) in [6.45, 7) is 3.89. The second kappa shape index (κ2) is 5.32. The first kappa shape index (κ1) is 13.2. The molecule has 108 valence electrons. The van der Waals surface area contributed by atoms with Gasteiger partial charge in [0.15, 0.2) is 0 Å². The molecule has 1 fully saturated rings.